The molecule has 0 N–H and O–H groups in total. The molecule has 5 aliphatic rings. The zero-order valence-electron chi connectivity index (χ0n) is 24.8. The van der Waals surface area contributed by atoms with Crippen LogP contribution < -0.4 is 9.47 Å². The molecule has 42 heavy (non-hydrogen) atoms. The molecule has 1 atom stereocenters. The molecule has 2 heterocycles. The van der Waals surface area contributed by atoms with E-state index < -0.39 is 0 Å². The minimum Gasteiger partial charge on any atom is -0.493 e. The lowest BCUT2D eigenvalue weighted by atomic mass is 9.49. The molecule has 1 amide bonds. The molecule has 8 rings (SSSR count). The van der Waals surface area contributed by atoms with Crippen LogP contribution in [0.25, 0.3) is 0 Å². The molecule has 1 saturated heterocycles. The standard InChI is InChI=1S/C33H42N6O3/c1-41-28-10-6-9-27(30(28)42-2)29(31-34-35-36-39(31)12-11-23-7-4-3-5-8-23)37-13-15-38(16-14-37)32(40)33-20-24-17-25(21-33)19-26(18-24)22-33/h3-10,24-26,29H,11-22H2,1-2H3. The van der Waals surface area contributed by atoms with E-state index in [2.05, 4.69) is 55.7 Å². The molecule has 0 radical (unpaired) electrons. The van der Waals surface area contributed by atoms with E-state index in [4.69, 9.17) is 9.47 Å². The number of methoxy groups -OCH3 is 2. The van der Waals surface area contributed by atoms with Crippen LogP contribution in [0.4, 0.5) is 0 Å². The van der Waals surface area contributed by atoms with Crippen molar-refractivity contribution in [1.82, 2.24) is 30.0 Å². The first-order chi connectivity index (χ1) is 20.6. The highest BCUT2D eigenvalue weighted by Crippen LogP contribution is 2.60. The van der Waals surface area contributed by atoms with Gasteiger partial charge in [0.2, 0.25) is 5.91 Å². The van der Waals surface area contributed by atoms with Gasteiger partial charge >= 0.3 is 0 Å². The third kappa shape index (κ3) is 4.95. The largest absolute Gasteiger partial charge is 0.493 e. The highest BCUT2D eigenvalue weighted by atomic mass is 16.5. The molecule has 5 fully saturated rings. The number of aromatic nitrogens is 4. The van der Waals surface area contributed by atoms with Crippen molar-refractivity contribution < 1.29 is 14.3 Å². The number of para-hydroxylation sites is 1. The van der Waals surface area contributed by atoms with E-state index in [1.807, 2.05) is 22.9 Å². The van der Waals surface area contributed by atoms with Gasteiger partial charge in [0.05, 0.1) is 19.6 Å². The topological polar surface area (TPSA) is 85.6 Å². The van der Waals surface area contributed by atoms with Crippen LogP contribution in [0.1, 0.15) is 61.5 Å². The quantitative estimate of drug-likeness (QED) is 0.377. The Hall–Kier alpha value is -3.46. The Labute approximate surface area is 248 Å². The number of carbonyl (C=O) groups excluding carboxylic acids is 1. The molecule has 3 aromatic rings. The summed E-state index contributed by atoms with van der Waals surface area (Å²) >= 11 is 0. The van der Waals surface area contributed by atoms with Gasteiger partial charge in [-0.1, -0.05) is 42.5 Å². The van der Waals surface area contributed by atoms with Gasteiger partial charge in [0.15, 0.2) is 17.3 Å². The lowest BCUT2D eigenvalue weighted by molar-refractivity contribution is -0.159. The van der Waals surface area contributed by atoms with E-state index >= 15 is 0 Å². The van der Waals surface area contributed by atoms with E-state index in [0.29, 0.717) is 24.0 Å². The van der Waals surface area contributed by atoms with E-state index in [-0.39, 0.29) is 11.5 Å². The molecule has 4 aliphatic carbocycles. The van der Waals surface area contributed by atoms with Crippen LogP contribution in [0.15, 0.2) is 48.5 Å². The number of rotatable bonds is 9. The number of aryl methyl sites for hydroxylation is 2. The summed E-state index contributed by atoms with van der Waals surface area (Å²) in [6, 6.07) is 16.2. The first-order valence-electron chi connectivity index (χ1n) is 15.6. The first kappa shape index (κ1) is 27.4. The number of nitrogens with zero attached hydrogens (tertiary/aromatic N) is 6. The maximum absolute atomic E-state index is 14.1. The van der Waals surface area contributed by atoms with Gasteiger partial charge in [-0.3, -0.25) is 9.69 Å². The van der Waals surface area contributed by atoms with Gasteiger partial charge in [-0.15, -0.1) is 5.10 Å². The van der Waals surface area contributed by atoms with Crippen molar-refractivity contribution in [3.05, 3.63) is 65.5 Å². The summed E-state index contributed by atoms with van der Waals surface area (Å²) in [6.07, 6.45) is 8.21. The minimum atomic E-state index is -0.238. The fourth-order valence-corrected chi connectivity index (χ4v) is 8.96. The lowest BCUT2D eigenvalue weighted by Crippen LogP contribution is -2.58. The van der Waals surface area contributed by atoms with Gasteiger partial charge in [0.1, 0.15) is 6.04 Å². The average Bonchev–Trinajstić information content (AvgIpc) is 3.48. The second kappa shape index (κ2) is 11.3. The Morgan fingerprint density at radius 3 is 2.24 bits per heavy atom. The molecular formula is C33H42N6O3. The second-order valence-electron chi connectivity index (χ2n) is 13.0. The van der Waals surface area contributed by atoms with Crippen molar-refractivity contribution >= 4 is 5.91 Å². The van der Waals surface area contributed by atoms with Crippen LogP contribution in [0.3, 0.4) is 0 Å². The van der Waals surface area contributed by atoms with E-state index in [1.54, 1.807) is 14.2 Å². The average molecular weight is 571 g/mol. The van der Waals surface area contributed by atoms with Gasteiger partial charge in [0, 0.05) is 38.3 Å². The highest BCUT2D eigenvalue weighted by Gasteiger charge is 2.55. The van der Waals surface area contributed by atoms with Crippen molar-refractivity contribution in [1.29, 1.82) is 0 Å². The maximum Gasteiger partial charge on any atom is 0.228 e. The summed E-state index contributed by atoms with van der Waals surface area (Å²) in [7, 11) is 3.34. The Bertz CT molecular complexity index is 1360. The molecule has 9 nitrogen and oxygen atoms in total. The van der Waals surface area contributed by atoms with Crippen molar-refractivity contribution in [3.63, 3.8) is 0 Å². The fourth-order valence-electron chi connectivity index (χ4n) is 8.96. The SMILES string of the molecule is COc1cccc(C(c2nnnn2CCc2ccccc2)N2CCN(C(=O)C34CC5CC(CC(C5)C3)C4)CC2)c1OC. The number of amides is 1. The summed E-state index contributed by atoms with van der Waals surface area (Å²) in [5.41, 5.74) is 2.10. The van der Waals surface area contributed by atoms with E-state index in [9.17, 15) is 4.79 Å². The van der Waals surface area contributed by atoms with Crippen molar-refractivity contribution in [2.24, 2.45) is 23.2 Å². The third-order valence-corrected chi connectivity index (χ3v) is 10.4. The number of benzene rings is 2. The second-order valence-corrected chi connectivity index (χ2v) is 13.0. The molecular weight excluding hydrogens is 528 g/mol. The van der Waals surface area contributed by atoms with Gasteiger partial charge in [0.25, 0.3) is 0 Å². The van der Waals surface area contributed by atoms with E-state index in [1.165, 1.54) is 24.8 Å². The number of piperazine rings is 1. The van der Waals surface area contributed by atoms with E-state index in [0.717, 1.165) is 81.0 Å². The molecule has 0 spiro atoms. The number of ether oxygens (including phenoxy) is 2. The summed E-state index contributed by atoms with van der Waals surface area (Å²) in [5, 5.41) is 13.1. The van der Waals surface area contributed by atoms with Crippen molar-refractivity contribution in [2.45, 2.75) is 57.5 Å². The number of carbonyl (C=O) groups is 1. The molecule has 1 unspecified atom stereocenters. The number of hydrogen-bond donors (Lipinski definition) is 0. The Balaban J connectivity index is 1.14. The van der Waals surface area contributed by atoms with Gasteiger partial charge in [-0.25, -0.2) is 4.68 Å². The van der Waals surface area contributed by atoms with Crippen LogP contribution in [-0.2, 0) is 17.8 Å². The lowest BCUT2D eigenvalue weighted by Gasteiger charge is -2.57. The monoisotopic (exact) mass is 570 g/mol. The normalized spacial score (nSPS) is 27.7. The van der Waals surface area contributed by atoms with Crippen LogP contribution in [0.2, 0.25) is 0 Å². The first-order valence-corrected chi connectivity index (χ1v) is 15.6. The van der Waals surface area contributed by atoms with Gasteiger partial charge < -0.3 is 14.4 Å². The predicted octanol–water partition coefficient (Wildman–Crippen LogP) is 4.38. The molecule has 1 aliphatic heterocycles. The molecule has 1 aromatic heterocycles. The van der Waals surface area contributed by atoms with Crippen molar-refractivity contribution in [3.8, 4) is 11.5 Å². The van der Waals surface area contributed by atoms with Gasteiger partial charge in [-0.2, -0.15) is 0 Å². The smallest absolute Gasteiger partial charge is 0.228 e. The molecule has 9 heteroatoms. The molecule has 4 bridgehead atoms. The predicted molar refractivity (Wildman–Crippen MR) is 158 cm³/mol. The molecule has 4 saturated carbocycles. The molecule has 2 aromatic carbocycles. The zero-order valence-corrected chi connectivity index (χ0v) is 24.8. The Morgan fingerprint density at radius 2 is 1.60 bits per heavy atom. The number of hydrogen-bond acceptors (Lipinski definition) is 7. The summed E-state index contributed by atoms with van der Waals surface area (Å²) in [6.45, 7) is 3.59. The summed E-state index contributed by atoms with van der Waals surface area (Å²) in [5.74, 6) is 4.86. The zero-order chi connectivity index (χ0) is 28.7. The van der Waals surface area contributed by atoms with Crippen LogP contribution in [-0.4, -0.2) is 76.3 Å². The summed E-state index contributed by atoms with van der Waals surface area (Å²) < 4.78 is 13.5. The van der Waals surface area contributed by atoms with Crippen LogP contribution in [0, 0.1) is 23.2 Å². The van der Waals surface area contributed by atoms with Crippen molar-refractivity contribution in [2.75, 3.05) is 40.4 Å². The third-order valence-electron chi connectivity index (χ3n) is 10.4. The molecule has 222 valence electrons. The summed E-state index contributed by atoms with van der Waals surface area (Å²) in [4.78, 5) is 18.7. The highest BCUT2D eigenvalue weighted by molar-refractivity contribution is 5.83. The van der Waals surface area contributed by atoms with Crippen LogP contribution >= 0.6 is 0 Å². The Kier molecular flexibility index (Phi) is 7.38. The minimum absolute atomic E-state index is 0.103. The van der Waals surface area contributed by atoms with Gasteiger partial charge in [-0.05, 0) is 84.8 Å². The fraction of sp³-hybridized carbons (Fsp3) is 0.576. The van der Waals surface area contributed by atoms with Crippen LogP contribution in [0.5, 0.6) is 11.5 Å². The number of tetrazole rings is 1. The maximum atomic E-state index is 14.1. The Morgan fingerprint density at radius 1 is 0.905 bits per heavy atom.